The number of benzene rings is 1. The third-order valence-corrected chi connectivity index (χ3v) is 3.04. The van der Waals surface area contributed by atoms with Gasteiger partial charge >= 0.3 is 0 Å². The second kappa shape index (κ2) is 5.21. The Morgan fingerprint density at radius 3 is 2.88 bits per heavy atom. The summed E-state index contributed by atoms with van der Waals surface area (Å²) in [6.45, 7) is 1.09. The van der Waals surface area contributed by atoms with Gasteiger partial charge in [0.1, 0.15) is 11.6 Å². The van der Waals surface area contributed by atoms with Gasteiger partial charge in [-0.25, -0.2) is 9.37 Å². The van der Waals surface area contributed by atoms with E-state index in [4.69, 9.17) is 27.9 Å². The lowest BCUT2D eigenvalue weighted by Crippen LogP contribution is -2.07. The maximum atomic E-state index is 13.4. The molecule has 2 aromatic rings. The molecule has 1 aromatic carbocycles. The van der Waals surface area contributed by atoms with Gasteiger partial charge in [-0.2, -0.15) is 0 Å². The molecule has 6 heteroatoms. The molecule has 0 N–H and O–H groups in total. The van der Waals surface area contributed by atoms with Crippen LogP contribution in [-0.2, 0) is 17.2 Å². The van der Waals surface area contributed by atoms with E-state index in [0.29, 0.717) is 30.0 Å². The van der Waals surface area contributed by atoms with E-state index in [2.05, 4.69) is 4.98 Å². The number of fused-ring (bicyclic) bond motifs is 1. The first-order valence-electron chi connectivity index (χ1n) is 5.06. The number of methoxy groups -OCH3 is 1. The van der Waals surface area contributed by atoms with Crippen LogP contribution in [0.25, 0.3) is 11.0 Å². The first-order chi connectivity index (χ1) is 8.17. The first-order valence-corrected chi connectivity index (χ1v) is 5.97. The molecule has 0 spiro atoms. The molecular formula is C11H11Cl2FN2O. The summed E-state index contributed by atoms with van der Waals surface area (Å²) in [4.78, 5) is 4.31. The molecule has 2 rings (SSSR count). The molecule has 0 radical (unpaired) electrons. The van der Waals surface area contributed by atoms with Gasteiger partial charge < -0.3 is 9.30 Å². The predicted octanol–water partition coefficient (Wildman–Crippen LogP) is 3.21. The lowest BCUT2D eigenvalue weighted by atomic mass is 10.3. The SMILES string of the molecule is COCCn1c(CCl)nc2cc(Cl)c(F)cc21. The molecule has 17 heavy (non-hydrogen) atoms. The van der Waals surface area contributed by atoms with Gasteiger partial charge in [0.15, 0.2) is 0 Å². The number of rotatable bonds is 4. The highest BCUT2D eigenvalue weighted by Gasteiger charge is 2.12. The van der Waals surface area contributed by atoms with Gasteiger partial charge in [0.2, 0.25) is 0 Å². The highest BCUT2D eigenvalue weighted by atomic mass is 35.5. The minimum Gasteiger partial charge on any atom is -0.383 e. The van der Waals surface area contributed by atoms with Crippen LogP contribution < -0.4 is 0 Å². The fourth-order valence-electron chi connectivity index (χ4n) is 1.70. The maximum absolute atomic E-state index is 13.4. The molecule has 0 atom stereocenters. The summed E-state index contributed by atoms with van der Waals surface area (Å²) in [5.41, 5.74) is 1.32. The minimum atomic E-state index is -0.459. The Bertz CT molecular complexity index is 542. The Morgan fingerprint density at radius 1 is 1.47 bits per heavy atom. The topological polar surface area (TPSA) is 27.1 Å². The largest absolute Gasteiger partial charge is 0.383 e. The van der Waals surface area contributed by atoms with Crippen LogP contribution in [0.15, 0.2) is 12.1 Å². The van der Waals surface area contributed by atoms with E-state index in [-0.39, 0.29) is 10.9 Å². The molecule has 1 aromatic heterocycles. The highest BCUT2D eigenvalue weighted by molar-refractivity contribution is 6.31. The van der Waals surface area contributed by atoms with Crippen LogP contribution in [0.3, 0.4) is 0 Å². The van der Waals surface area contributed by atoms with Gasteiger partial charge in [-0.15, -0.1) is 11.6 Å². The van der Waals surface area contributed by atoms with E-state index >= 15 is 0 Å². The number of hydrogen-bond acceptors (Lipinski definition) is 2. The zero-order valence-corrected chi connectivity index (χ0v) is 10.7. The molecule has 0 aliphatic heterocycles. The van der Waals surface area contributed by atoms with Crippen molar-refractivity contribution < 1.29 is 9.13 Å². The summed E-state index contributed by atoms with van der Waals surface area (Å²) >= 11 is 11.5. The van der Waals surface area contributed by atoms with Crippen molar-refractivity contribution in [1.82, 2.24) is 9.55 Å². The number of imidazole rings is 1. The van der Waals surface area contributed by atoms with Crippen molar-refractivity contribution in [3.05, 3.63) is 28.8 Å². The number of halogens is 3. The third-order valence-electron chi connectivity index (χ3n) is 2.51. The molecule has 0 aliphatic rings. The molecule has 3 nitrogen and oxygen atoms in total. The average molecular weight is 277 g/mol. The van der Waals surface area contributed by atoms with E-state index in [9.17, 15) is 4.39 Å². The Kier molecular flexibility index (Phi) is 3.86. The Hall–Kier alpha value is -0.840. The summed E-state index contributed by atoms with van der Waals surface area (Å²) in [7, 11) is 1.61. The zero-order valence-electron chi connectivity index (χ0n) is 9.21. The second-order valence-corrected chi connectivity index (χ2v) is 4.24. The van der Waals surface area contributed by atoms with Gasteiger partial charge in [0.25, 0.3) is 0 Å². The van der Waals surface area contributed by atoms with Crippen LogP contribution in [0.1, 0.15) is 5.82 Å². The van der Waals surface area contributed by atoms with Crippen LogP contribution in [0.5, 0.6) is 0 Å². The molecule has 1 heterocycles. The normalized spacial score (nSPS) is 11.3. The van der Waals surface area contributed by atoms with E-state index in [1.165, 1.54) is 12.1 Å². The minimum absolute atomic E-state index is 0.0648. The molecule has 0 saturated heterocycles. The molecule has 0 fully saturated rings. The number of nitrogens with zero attached hydrogens (tertiary/aromatic N) is 2. The maximum Gasteiger partial charge on any atom is 0.144 e. The van der Waals surface area contributed by atoms with Crippen molar-refractivity contribution in [2.75, 3.05) is 13.7 Å². The first kappa shape index (κ1) is 12.6. The van der Waals surface area contributed by atoms with Gasteiger partial charge in [0, 0.05) is 19.7 Å². The fourth-order valence-corrected chi connectivity index (χ4v) is 2.07. The van der Waals surface area contributed by atoms with Crippen molar-refractivity contribution in [3.63, 3.8) is 0 Å². The predicted molar refractivity (Wildman–Crippen MR) is 66.1 cm³/mol. The summed E-state index contributed by atoms with van der Waals surface area (Å²) in [5, 5.41) is 0.0648. The monoisotopic (exact) mass is 276 g/mol. The number of alkyl halides is 1. The quantitative estimate of drug-likeness (QED) is 0.802. The van der Waals surface area contributed by atoms with Crippen molar-refractivity contribution in [1.29, 1.82) is 0 Å². The van der Waals surface area contributed by atoms with Gasteiger partial charge in [-0.05, 0) is 6.07 Å². The third kappa shape index (κ3) is 2.39. The van der Waals surface area contributed by atoms with E-state index < -0.39 is 5.82 Å². The molecular weight excluding hydrogens is 266 g/mol. The molecule has 0 amide bonds. The van der Waals surface area contributed by atoms with Crippen molar-refractivity contribution in [2.45, 2.75) is 12.4 Å². The Labute approximate surface area is 108 Å². The highest BCUT2D eigenvalue weighted by Crippen LogP contribution is 2.24. The standard InChI is InChI=1S/C11H11Cl2FN2O/c1-17-3-2-16-10-5-8(14)7(13)4-9(10)15-11(16)6-12/h4-5H,2-3,6H2,1H3. The number of aromatic nitrogens is 2. The molecule has 0 saturated carbocycles. The Morgan fingerprint density at radius 2 is 2.24 bits per heavy atom. The molecule has 0 aliphatic carbocycles. The van der Waals surface area contributed by atoms with Crippen molar-refractivity contribution in [2.24, 2.45) is 0 Å². The lowest BCUT2D eigenvalue weighted by Gasteiger charge is -2.06. The van der Waals surface area contributed by atoms with Crippen LogP contribution in [-0.4, -0.2) is 23.3 Å². The summed E-state index contributed by atoms with van der Waals surface area (Å²) in [6, 6.07) is 2.88. The lowest BCUT2D eigenvalue weighted by molar-refractivity contribution is 0.187. The van der Waals surface area contributed by atoms with Crippen LogP contribution in [0.4, 0.5) is 4.39 Å². The van der Waals surface area contributed by atoms with Crippen LogP contribution in [0.2, 0.25) is 5.02 Å². The fraction of sp³-hybridized carbons (Fsp3) is 0.364. The van der Waals surface area contributed by atoms with Gasteiger partial charge in [-0.1, -0.05) is 11.6 Å². The van der Waals surface area contributed by atoms with Crippen LogP contribution in [0, 0.1) is 5.82 Å². The van der Waals surface area contributed by atoms with Crippen LogP contribution >= 0.6 is 23.2 Å². The van der Waals surface area contributed by atoms with Crippen molar-refractivity contribution in [3.8, 4) is 0 Å². The van der Waals surface area contributed by atoms with E-state index in [1.54, 1.807) is 7.11 Å². The van der Waals surface area contributed by atoms with E-state index in [1.807, 2.05) is 4.57 Å². The molecule has 0 bridgehead atoms. The Balaban J connectivity index is 2.57. The second-order valence-electron chi connectivity index (χ2n) is 3.56. The van der Waals surface area contributed by atoms with Crippen molar-refractivity contribution >= 4 is 34.2 Å². The number of ether oxygens (including phenoxy) is 1. The summed E-state index contributed by atoms with van der Waals surface area (Å²) < 4.78 is 20.3. The summed E-state index contributed by atoms with van der Waals surface area (Å²) in [6.07, 6.45) is 0. The molecule has 0 unspecified atom stereocenters. The van der Waals surface area contributed by atoms with E-state index in [0.717, 1.165) is 0 Å². The zero-order chi connectivity index (χ0) is 12.4. The summed E-state index contributed by atoms with van der Waals surface area (Å²) in [5.74, 6) is 0.483. The van der Waals surface area contributed by atoms with Gasteiger partial charge in [0.05, 0.1) is 28.5 Å². The van der Waals surface area contributed by atoms with Gasteiger partial charge in [-0.3, -0.25) is 0 Å². The number of hydrogen-bond donors (Lipinski definition) is 0. The molecule has 92 valence electrons. The average Bonchev–Trinajstić information content (AvgIpc) is 2.64. The smallest absolute Gasteiger partial charge is 0.144 e.